The number of aryl methyl sites for hydroxylation is 1. The van der Waals surface area contributed by atoms with Crippen LogP contribution in [0.2, 0.25) is 5.02 Å². The first-order valence-electron chi connectivity index (χ1n) is 10.6. The average molecular weight is 488 g/mol. The number of ether oxygens (including phenoxy) is 2. The highest BCUT2D eigenvalue weighted by Gasteiger charge is 2.18. The average Bonchev–Trinajstić information content (AvgIpc) is 2.79. The lowest BCUT2D eigenvalue weighted by atomic mass is 10.2. The van der Waals surface area contributed by atoms with Gasteiger partial charge in [-0.3, -0.25) is 9.59 Å². The Morgan fingerprint density at radius 2 is 1.88 bits per heavy atom. The molecule has 1 atom stereocenters. The van der Waals surface area contributed by atoms with E-state index in [9.17, 15) is 9.59 Å². The number of nitrogens with one attached hydrogen (secondary N) is 1. The van der Waals surface area contributed by atoms with Crippen molar-refractivity contribution < 1.29 is 14.3 Å². The fraction of sp³-hybridized carbons (Fsp3) is 0.292. The van der Waals surface area contributed by atoms with Crippen LogP contribution in [0, 0.1) is 6.92 Å². The van der Waals surface area contributed by atoms with Crippen LogP contribution in [-0.2, 0) is 4.79 Å². The smallest absolute Gasteiger partial charge is 0.271 e. The number of nitrogens with zero attached hydrogens (tertiary/aromatic N) is 2. The number of hydrogen-bond acceptors (Lipinski definition) is 6. The lowest BCUT2D eigenvalue weighted by molar-refractivity contribution is -0.115. The maximum Gasteiger partial charge on any atom is 0.271 e. The monoisotopic (exact) mass is 487 g/mol. The van der Waals surface area contributed by atoms with Crippen LogP contribution in [0.1, 0.15) is 26.3 Å². The molecule has 2 aromatic carbocycles. The molecule has 0 fully saturated rings. The van der Waals surface area contributed by atoms with Crippen molar-refractivity contribution in [2.24, 2.45) is 0 Å². The van der Waals surface area contributed by atoms with Crippen LogP contribution in [0.15, 0.2) is 58.4 Å². The zero-order valence-electron chi connectivity index (χ0n) is 18.9. The first-order valence-corrected chi connectivity index (χ1v) is 11.8. The Balaban J connectivity index is 1.78. The van der Waals surface area contributed by atoms with E-state index in [-0.39, 0.29) is 11.5 Å². The Morgan fingerprint density at radius 1 is 1.12 bits per heavy atom. The molecule has 33 heavy (non-hydrogen) atoms. The molecule has 1 heterocycles. The van der Waals surface area contributed by atoms with Gasteiger partial charge in [-0.2, -0.15) is 9.78 Å². The van der Waals surface area contributed by atoms with Crippen LogP contribution in [0.25, 0.3) is 5.69 Å². The highest BCUT2D eigenvalue weighted by molar-refractivity contribution is 8.00. The van der Waals surface area contributed by atoms with Crippen molar-refractivity contribution in [2.45, 2.75) is 38.0 Å². The number of amides is 1. The van der Waals surface area contributed by atoms with Gasteiger partial charge < -0.3 is 14.8 Å². The topological polar surface area (TPSA) is 82.5 Å². The quantitative estimate of drug-likeness (QED) is 0.422. The lowest BCUT2D eigenvalue weighted by Gasteiger charge is -2.16. The fourth-order valence-electron chi connectivity index (χ4n) is 2.97. The number of benzene rings is 2. The van der Waals surface area contributed by atoms with Crippen LogP contribution in [0.5, 0.6) is 11.5 Å². The second-order valence-corrected chi connectivity index (χ2v) is 8.90. The van der Waals surface area contributed by atoms with Crippen molar-refractivity contribution in [2.75, 3.05) is 18.5 Å². The van der Waals surface area contributed by atoms with Gasteiger partial charge in [0, 0.05) is 17.2 Å². The summed E-state index contributed by atoms with van der Waals surface area (Å²) in [6.45, 7) is 8.41. The van der Waals surface area contributed by atoms with Crippen molar-refractivity contribution in [3.8, 4) is 17.2 Å². The molecular weight excluding hydrogens is 462 g/mol. The van der Waals surface area contributed by atoms with Gasteiger partial charge in [0.05, 0.1) is 29.8 Å². The maximum atomic E-state index is 12.9. The van der Waals surface area contributed by atoms with E-state index in [1.54, 1.807) is 43.3 Å². The second kappa shape index (κ2) is 11.2. The number of rotatable bonds is 9. The third-order valence-electron chi connectivity index (χ3n) is 4.66. The lowest BCUT2D eigenvalue weighted by Crippen LogP contribution is -2.24. The van der Waals surface area contributed by atoms with Crippen LogP contribution in [0.4, 0.5) is 5.69 Å². The van der Waals surface area contributed by atoms with Crippen LogP contribution >= 0.6 is 23.4 Å². The number of halogens is 1. The van der Waals surface area contributed by atoms with Gasteiger partial charge in [0.15, 0.2) is 0 Å². The normalized spacial score (nSPS) is 11.7. The van der Waals surface area contributed by atoms with Crippen molar-refractivity contribution in [1.82, 2.24) is 9.78 Å². The molecule has 0 aliphatic rings. The van der Waals surface area contributed by atoms with Gasteiger partial charge in [-0.1, -0.05) is 29.4 Å². The second-order valence-electron chi connectivity index (χ2n) is 7.13. The maximum absolute atomic E-state index is 12.9. The first kappa shape index (κ1) is 24.7. The zero-order chi connectivity index (χ0) is 24.0. The van der Waals surface area contributed by atoms with Crippen LogP contribution in [0.3, 0.4) is 0 Å². The molecule has 0 aliphatic heterocycles. The van der Waals surface area contributed by atoms with Gasteiger partial charge in [-0.25, -0.2) is 0 Å². The van der Waals surface area contributed by atoms with Gasteiger partial charge in [-0.05, 0) is 63.6 Å². The summed E-state index contributed by atoms with van der Waals surface area (Å²) in [5.41, 5.74) is 1.71. The van der Waals surface area contributed by atoms with Crippen molar-refractivity contribution in [3.63, 3.8) is 0 Å². The molecule has 0 saturated carbocycles. The molecule has 0 radical (unpaired) electrons. The van der Waals surface area contributed by atoms with Gasteiger partial charge in [0.1, 0.15) is 16.5 Å². The molecule has 0 unspecified atom stereocenters. The third-order valence-corrected chi connectivity index (χ3v) is 6.10. The van der Waals surface area contributed by atoms with Crippen LogP contribution < -0.4 is 20.3 Å². The van der Waals surface area contributed by atoms with Gasteiger partial charge in [0.2, 0.25) is 5.91 Å². The number of anilines is 1. The molecule has 1 N–H and O–H groups in total. The fourth-order valence-corrected chi connectivity index (χ4v) is 3.95. The standard InChI is InChI=1S/C24H26ClN3O4S/c1-5-31-18-9-10-21(32-6-2)20(14-18)26-24(30)16(4)33-22-11-12-23(29)28(27-22)17-8-7-15(3)19(25)13-17/h7-14,16H,5-6H2,1-4H3,(H,26,30)/t16-/m1/s1. The van der Waals surface area contributed by atoms with E-state index in [0.29, 0.717) is 46.1 Å². The molecule has 9 heteroatoms. The molecule has 3 aromatic rings. The summed E-state index contributed by atoms with van der Waals surface area (Å²) in [5, 5.41) is 7.91. The number of carbonyl (C=O) groups excluding carboxylic acids is 1. The minimum atomic E-state index is -0.490. The van der Waals surface area contributed by atoms with Gasteiger partial charge >= 0.3 is 0 Å². The van der Waals surface area contributed by atoms with Gasteiger partial charge in [-0.15, -0.1) is 0 Å². The molecule has 0 spiro atoms. The summed E-state index contributed by atoms with van der Waals surface area (Å²) in [6.07, 6.45) is 0. The van der Waals surface area contributed by atoms with Gasteiger partial charge in [0.25, 0.3) is 5.56 Å². The summed E-state index contributed by atoms with van der Waals surface area (Å²) < 4.78 is 12.4. The van der Waals surface area contributed by atoms with Crippen molar-refractivity contribution in [3.05, 3.63) is 69.5 Å². The van der Waals surface area contributed by atoms with Crippen molar-refractivity contribution in [1.29, 1.82) is 0 Å². The van der Waals surface area contributed by atoms with E-state index in [0.717, 1.165) is 5.56 Å². The molecule has 0 saturated heterocycles. The molecule has 1 amide bonds. The van der Waals surface area contributed by atoms with E-state index in [4.69, 9.17) is 21.1 Å². The summed E-state index contributed by atoms with van der Waals surface area (Å²) in [5.74, 6) is 0.976. The van der Waals surface area contributed by atoms with Crippen molar-refractivity contribution >= 4 is 35.0 Å². The molecule has 0 bridgehead atoms. The summed E-state index contributed by atoms with van der Waals surface area (Å²) >= 11 is 7.45. The number of thioether (sulfide) groups is 1. The Bertz CT molecular complexity index is 1200. The number of hydrogen-bond donors (Lipinski definition) is 1. The Morgan fingerprint density at radius 3 is 2.58 bits per heavy atom. The largest absolute Gasteiger partial charge is 0.494 e. The van der Waals surface area contributed by atoms with Crippen LogP contribution in [-0.4, -0.2) is 34.2 Å². The minimum Gasteiger partial charge on any atom is -0.494 e. The Labute approximate surface area is 202 Å². The Hall–Kier alpha value is -2.97. The summed E-state index contributed by atoms with van der Waals surface area (Å²) in [6, 6.07) is 13.6. The number of carbonyl (C=O) groups is 1. The predicted octanol–water partition coefficient (Wildman–Crippen LogP) is 5.11. The third kappa shape index (κ3) is 6.30. The molecule has 7 nitrogen and oxygen atoms in total. The van der Waals surface area contributed by atoms with E-state index in [2.05, 4.69) is 10.4 Å². The highest BCUT2D eigenvalue weighted by atomic mass is 35.5. The van der Waals surface area contributed by atoms with E-state index >= 15 is 0 Å². The summed E-state index contributed by atoms with van der Waals surface area (Å²) in [4.78, 5) is 25.3. The molecule has 174 valence electrons. The molecule has 3 rings (SSSR count). The molecule has 1 aromatic heterocycles. The SMILES string of the molecule is CCOc1ccc(OCC)c(NC(=O)[C@@H](C)Sc2ccc(=O)n(-c3ccc(C)c(Cl)c3)n2)c1. The highest BCUT2D eigenvalue weighted by Crippen LogP contribution is 2.31. The first-order chi connectivity index (χ1) is 15.8. The zero-order valence-corrected chi connectivity index (χ0v) is 20.5. The van der Waals surface area contributed by atoms with E-state index in [1.165, 1.54) is 22.5 Å². The number of aromatic nitrogens is 2. The minimum absolute atomic E-state index is 0.229. The van der Waals surface area contributed by atoms with E-state index in [1.807, 2.05) is 26.8 Å². The Kier molecular flexibility index (Phi) is 8.41. The molecular formula is C24H26ClN3O4S. The predicted molar refractivity (Wildman–Crippen MR) is 132 cm³/mol. The molecule has 0 aliphatic carbocycles. The summed E-state index contributed by atoms with van der Waals surface area (Å²) in [7, 11) is 0. The van der Waals surface area contributed by atoms with E-state index < -0.39 is 5.25 Å².